The average Bonchev–Trinajstić information content (AvgIpc) is 3.14. The van der Waals surface area contributed by atoms with Gasteiger partial charge in [-0.2, -0.15) is 0 Å². The van der Waals surface area contributed by atoms with E-state index in [1.807, 2.05) is 40.9 Å². The molecule has 2 aromatic heterocycles. The molecule has 2 aliphatic rings. The molecule has 0 saturated carbocycles. The SMILES string of the molecule is CN1C(=O)COc2ccc(-c3nc4ccc(N)cn4c3CN3CCCC(C(=O)O)C3)cc21. The minimum Gasteiger partial charge on any atom is -0.482 e. The molecule has 166 valence electrons. The number of amides is 1. The van der Waals surface area contributed by atoms with Crippen LogP contribution in [0.2, 0.25) is 0 Å². The summed E-state index contributed by atoms with van der Waals surface area (Å²) in [5.74, 6) is -0.562. The fourth-order valence-electron chi connectivity index (χ4n) is 4.52. The van der Waals surface area contributed by atoms with E-state index in [-0.39, 0.29) is 18.4 Å². The van der Waals surface area contributed by atoms with Crippen molar-refractivity contribution in [1.29, 1.82) is 0 Å². The van der Waals surface area contributed by atoms with Crippen molar-refractivity contribution in [2.45, 2.75) is 19.4 Å². The number of carboxylic acid groups (broad SMARTS) is 1. The lowest BCUT2D eigenvalue weighted by Crippen LogP contribution is -2.38. The number of rotatable bonds is 4. The van der Waals surface area contributed by atoms with Crippen molar-refractivity contribution in [2.24, 2.45) is 5.92 Å². The fraction of sp³-hybridized carbons (Fsp3) is 0.348. The van der Waals surface area contributed by atoms with Crippen LogP contribution in [0.1, 0.15) is 18.5 Å². The Bertz CT molecular complexity index is 1220. The van der Waals surface area contributed by atoms with Crippen LogP contribution in [0.3, 0.4) is 0 Å². The topological polar surface area (TPSA) is 113 Å². The van der Waals surface area contributed by atoms with Crippen LogP contribution < -0.4 is 15.4 Å². The predicted molar refractivity (Wildman–Crippen MR) is 120 cm³/mol. The number of nitrogen functional groups attached to an aromatic ring is 1. The molecule has 32 heavy (non-hydrogen) atoms. The Morgan fingerprint density at radius 2 is 2.16 bits per heavy atom. The number of aromatic nitrogens is 2. The number of carbonyl (C=O) groups is 2. The summed E-state index contributed by atoms with van der Waals surface area (Å²) in [6.07, 6.45) is 3.38. The maximum absolute atomic E-state index is 12.1. The van der Waals surface area contributed by atoms with Gasteiger partial charge in [0.1, 0.15) is 11.4 Å². The third-order valence-corrected chi connectivity index (χ3v) is 6.29. The third kappa shape index (κ3) is 3.54. The number of carboxylic acids is 1. The molecule has 9 heteroatoms. The van der Waals surface area contributed by atoms with Gasteiger partial charge in [-0.1, -0.05) is 0 Å². The van der Waals surface area contributed by atoms with E-state index in [1.54, 1.807) is 11.9 Å². The molecule has 0 spiro atoms. The van der Waals surface area contributed by atoms with Crippen molar-refractivity contribution in [3.05, 3.63) is 42.2 Å². The van der Waals surface area contributed by atoms with Crippen molar-refractivity contribution < 1.29 is 19.4 Å². The number of benzene rings is 1. The lowest BCUT2D eigenvalue weighted by atomic mass is 9.98. The standard InChI is InChI=1S/C23H25N5O4/c1-26-17-9-14(4-6-19(17)32-13-21(26)29)22-18(28-11-16(24)5-7-20(28)25-22)12-27-8-2-3-15(10-27)23(30)31/h4-7,9,11,15H,2-3,8,10,12-13,24H2,1H3,(H,30,31). The number of anilines is 2. The summed E-state index contributed by atoms with van der Waals surface area (Å²) in [7, 11) is 1.73. The number of piperidine rings is 1. The average molecular weight is 435 g/mol. The maximum atomic E-state index is 12.1. The number of imidazole rings is 1. The van der Waals surface area contributed by atoms with Crippen molar-refractivity contribution in [3.63, 3.8) is 0 Å². The Labute approximate surface area is 185 Å². The zero-order chi connectivity index (χ0) is 22.4. The Morgan fingerprint density at radius 1 is 1.31 bits per heavy atom. The van der Waals surface area contributed by atoms with Crippen LogP contribution in [-0.2, 0) is 16.1 Å². The van der Waals surface area contributed by atoms with Gasteiger partial charge in [0.05, 0.1) is 23.0 Å². The highest BCUT2D eigenvalue weighted by molar-refractivity contribution is 5.98. The summed E-state index contributed by atoms with van der Waals surface area (Å²) in [6.45, 7) is 1.90. The molecule has 3 aromatic rings. The molecular weight excluding hydrogens is 410 g/mol. The quantitative estimate of drug-likeness (QED) is 0.646. The van der Waals surface area contributed by atoms with Crippen molar-refractivity contribution in [1.82, 2.24) is 14.3 Å². The molecule has 1 atom stereocenters. The normalized spacial score (nSPS) is 19.1. The lowest BCUT2D eigenvalue weighted by Gasteiger charge is -2.30. The molecule has 1 saturated heterocycles. The zero-order valence-corrected chi connectivity index (χ0v) is 17.8. The number of likely N-dealkylation sites (tertiary alicyclic amines) is 1. The van der Waals surface area contributed by atoms with Gasteiger partial charge < -0.3 is 24.9 Å². The van der Waals surface area contributed by atoms with Crippen LogP contribution in [0.4, 0.5) is 11.4 Å². The predicted octanol–water partition coefficient (Wildman–Crippen LogP) is 2.24. The van der Waals surface area contributed by atoms with Crippen LogP contribution >= 0.6 is 0 Å². The van der Waals surface area contributed by atoms with Gasteiger partial charge in [-0.3, -0.25) is 14.5 Å². The summed E-state index contributed by atoms with van der Waals surface area (Å²) >= 11 is 0. The Kier molecular flexibility index (Phi) is 4.97. The molecule has 1 aromatic carbocycles. The van der Waals surface area contributed by atoms with Crippen LogP contribution in [-0.4, -0.2) is 58.0 Å². The van der Waals surface area contributed by atoms with Crippen molar-refractivity contribution in [2.75, 3.05) is 37.4 Å². The van der Waals surface area contributed by atoms with Gasteiger partial charge in [-0.25, -0.2) is 4.98 Å². The first-order chi connectivity index (χ1) is 15.4. The third-order valence-electron chi connectivity index (χ3n) is 6.29. The number of likely N-dealkylation sites (N-methyl/N-ethyl adjacent to an activating group) is 1. The van der Waals surface area contributed by atoms with Gasteiger partial charge in [0, 0.05) is 37.6 Å². The number of fused-ring (bicyclic) bond motifs is 2. The lowest BCUT2D eigenvalue weighted by molar-refractivity contribution is -0.143. The molecular formula is C23H25N5O4. The van der Waals surface area contributed by atoms with E-state index in [0.29, 0.717) is 36.6 Å². The molecule has 5 rings (SSSR count). The van der Waals surface area contributed by atoms with E-state index in [0.717, 1.165) is 35.6 Å². The molecule has 0 bridgehead atoms. The first kappa shape index (κ1) is 20.3. The second-order valence-electron chi connectivity index (χ2n) is 8.43. The van der Waals surface area contributed by atoms with E-state index < -0.39 is 5.97 Å². The number of nitrogens with zero attached hydrogens (tertiary/aromatic N) is 4. The van der Waals surface area contributed by atoms with E-state index >= 15 is 0 Å². The van der Waals surface area contributed by atoms with Gasteiger partial charge in [0.25, 0.3) is 5.91 Å². The van der Waals surface area contributed by atoms with Gasteiger partial charge in [0.15, 0.2) is 6.61 Å². The number of hydrogen-bond acceptors (Lipinski definition) is 6. The second-order valence-corrected chi connectivity index (χ2v) is 8.43. The van der Waals surface area contributed by atoms with E-state index in [9.17, 15) is 14.7 Å². The van der Waals surface area contributed by atoms with Gasteiger partial charge in [-0.05, 0) is 49.7 Å². The largest absolute Gasteiger partial charge is 0.482 e. The minimum atomic E-state index is -0.750. The Hall–Kier alpha value is -3.59. The Balaban J connectivity index is 1.58. The maximum Gasteiger partial charge on any atom is 0.307 e. The van der Waals surface area contributed by atoms with Crippen molar-refractivity contribution >= 4 is 28.9 Å². The highest BCUT2D eigenvalue weighted by atomic mass is 16.5. The molecule has 0 radical (unpaired) electrons. The number of aliphatic carboxylic acids is 1. The molecule has 9 nitrogen and oxygen atoms in total. The van der Waals surface area contributed by atoms with Crippen molar-refractivity contribution in [3.8, 4) is 17.0 Å². The molecule has 2 aliphatic heterocycles. The number of carbonyl (C=O) groups excluding carboxylic acids is 1. The van der Waals surface area contributed by atoms with E-state index in [2.05, 4.69) is 4.90 Å². The molecule has 4 heterocycles. The summed E-state index contributed by atoms with van der Waals surface area (Å²) in [5, 5.41) is 9.48. The Morgan fingerprint density at radius 3 is 2.97 bits per heavy atom. The van der Waals surface area contributed by atoms with Crippen LogP contribution in [0.15, 0.2) is 36.5 Å². The smallest absolute Gasteiger partial charge is 0.307 e. The summed E-state index contributed by atoms with van der Waals surface area (Å²) in [5.41, 5.74) is 10.7. The van der Waals surface area contributed by atoms with E-state index in [4.69, 9.17) is 15.5 Å². The fourth-order valence-corrected chi connectivity index (χ4v) is 4.52. The summed E-state index contributed by atoms with van der Waals surface area (Å²) < 4.78 is 7.53. The van der Waals surface area contributed by atoms with Crippen LogP contribution in [0.5, 0.6) is 5.75 Å². The summed E-state index contributed by atoms with van der Waals surface area (Å²) in [6, 6.07) is 9.39. The summed E-state index contributed by atoms with van der Waals surface area (Å²) in [4.78, 5) is 32.3. The number of pyridine rings is 1. The zero-order valence-electron chi connectivity index (χ0n) is 17.8. The first-order valence-electron chi connectivity index (χ1n) is 10.7. The molecule has 0 aliphatic carbocycles. The number of hydrogen-bond donors (Lipinski definition) is 2. The number of ether oxygens (including phenoxy) is 1. The molecule has 1 amide bonds. The molecule has 1 unspecified atom stereocenters. The second kappa shape index (κ2) is 7.83. The number of nitrogens with two attached hydrogens (primary N) is 1. The van der Waals surface area contributed by atoms with Crippen LogP contribution in [0.25, 0.3) is 16.9 Å². The molecule has 1 fully saturated rings. The van der Waals surface area contributed by atoms with Gasteiger partial charge in [0.2, 0.25) is 0 Å². The van der Waals surface area contributed by atoms with Crippen LogP contribution in [0, 0.1) is 5.92 Å². The van der Waals surface area contributed by atoms with Gasteiger partial charge in [-0.15, -0.1) is 0 Å². The van der Waals surface area contributed by atoms with Gasteiger partial charge >= 0.3 is 5.97 Å². The first-order valence-corrected chi connectivity index (χ1v) is 10.7. The highest BCUT2D eigenvalue weighted by Crippen LogP contribution is 2.37. The minimum absolute atomic E-state index is 0.0292. The highest BCUT2D eigenvalue weighted by Gasteiger charge is 2.28. The van der Waals surface area contributed by atoms with E-state index in [1.165, 1.54) is 0 Å². The molecule has 3 N–H and O–H groups in total. The monoisotopic (exact) mass is 435 g/mol.